The van der Waals surface area contributed by atoms with Gasteiger partial charge in [-0.15, -0.1) is 0 Å². The van der Waals surface area contributed by atoms with Gasteiger partial charge < -0.3 is 15.2 Å². The summed E-state index contributed by atoms with van der Waals surface area (Å²) in [6.45, 7) is 1.85. The van der Waals surface area contributed by atoms with E-state index in [9.17, 15) is 9.50 Å². The maximum atomic E-state index is 13.0. The molecule has 2 aromatic carbocycles. The summed E-state index contributed by atoms with van der Waals surface area (Å²) in [5, 5.41) is 13.6. The Morgan fingerprint density at radius 3 is 2.67 bits per heavy atom. The molecular formula is C15H14BrClFNO2. The van der Waals surface area contributed by atoms with Crippen molar-refractivity contribution >= 4 is 33.2 Å². The van der Waals surface area contributed by atoms with E-state index in [4.69, 9.17) is 16.3 Å². The van der Waals surface area contributed by atoms with Crippen LogP contribution in [0.5, 0.6) is 11.5 Å². The summed E-state index contributed by atoms with van der Waals surface area (Å²) in [6, 6.07) is 7.11. The zero-order valence-corrected chi connectivity index (χ0v) is 13.8. The highest BCUT2D eigenvalue weighted by molar-refractivity contribution is 9.10. The molecule has 1 unspecified atom stereocenters. The highest BCUT2D eigenvalue weighted by atomic mass is 79.9. The average Bonchev–Trinajstić information content (AvgIpc) is 2.37. The lowest BCUT2D eigenvalue weighted by molar-refractivity contribution is 0.413. The first-order valence-corrected chi connectivity index (χ1v) is 7.37. The van der Waals surface area contributed by atoms with Gasteiger partial charge in [-0.25, -0.2) is 4.39 Å². The first-order valence-electron chi connectivity index (χ1n) is 6.20. The molecule has 0 saturated heterocycles. The number of methoxy groups -OCH3 is 1. The molecule has 0 aliphatic heterocycles. The number of phenols is 1. The zero-order chi connectivity index (χ0) is 15.6. The summed E-state index contributed by atoms with van der Waals surface area (Å²) in [4.78, 5) is 0. The Bertz CT molecular complexity index is 666. The standard InChI is InChI=1S/C15H14BrClFNO2/c1-8(11-4-3-10(18)7-14(11)20)19-13-6-9(17)5-12(16)15(13)21-2/h3-8,19-20H,1-2H3. The largest absolute Gasteiger partial charge is 0.507 e. The third-order valence-corrected chi connectivity index (χ3v) is 3.85. The lowest BCUT2D eigenvalue weighted by Gasteiger charge is -2.20. The number of phenolic OH excluding ortho intramolecular Hbond substituents is 1. The van der Waals surface area contributed by atoms with Gasteiger partial charge in [0.05, 0.1) is 23.3 Å². The van der Waals surface area contributed by atoms with Gasteiger partial charge in [0.25, 0.3) is 0 Å². The molecule has 0 aliphatic carbocycles. The minimum atomic E-state index is -0.480. The number of nitrogens with one attached hydrogen (secondary N) is 1. The van der Waals surface area contributed by atoms with Gasteiger partial charge in [0.15, 0.2) is 5.75 Å². The second-order valence-electron chi connectivity index (χ2n) is 4.54. The molecule has 0 bridgehead atoms. The smallest absolute Gasteiger partial charge is 0.156 e. The number of aromatic hydroxyl groups is 1. The summed E-state index contributed by atoms with van der Waals surface area (Å²) in [6.07, 6.45) is 0. The van der Waals surface area contributed by atoms with Crippen LogP contribution in [0.3, 0.4) is 0 Å². The predicted octanol–water partition coefficient (Wildman–Crippen LogP) is 5.13. The number of rotatable bonds is 4. The van der Waals surface area contributed by atoms with E-state index in [1.165, 1.54) is 12.1 Å². The van der Waals surface area contributed by atoms with E-state index in [-0.39, 0.29) is 11.8 Å². The number of benzene rings is 2. The number of anilines is 1. The van der Waals surface area contributed by atoms with Gasteiger partial charge in [0, 0.05) is 16.7 Å². The summed E-state index contributed by atoms with van der Waals surface area (Å²) < 4.78 is 19.1. The molecule has 0 spiro atoms. The van der Waals surface area contributed by atoms with E-state index in [2.05, 4.69) is 21.2 Å². The molecule has 6 heteroatoms. The van der Waals surface area contributed by atoms with E-state index in [0.29, 0.717) is 22.0 Å². The van der Waals surface area contributed by atoms with Gasteiger partial charge in [0.1, 0.15) is 11.6 Å². The Hall–Kier alpha value is -1.46. The van der Waals surface area contributed by atoms with Crippen LogP contribution in [0.25, 0.3) is 0 Å². The fourth-order valence-electron chi connectivity index (χ4n) is 2.07. The first-order chi connectivity index (χ1) is 9.92. The minimum Gasteiger partial charge on any atom is -0.507 e. The average molecular weight is 375 g/mol. The van der Waals surface area contributed by atoms with Crippen LogP contribution in [0.1, 0.15) is 18.5 Å². The number of halogens is 3. The Labute approximate surface area is 135 Å². The molecule has 1 atom stereocenters. The molecule has 0 radical (unpaired) electrons. The van der Waals surface area contributed by atoms with Crippen LogP contribution in [-0.2, 0) is 0 Å². The molecule has 0 heterocycles. The molecule has 112 valence electrons. The number of ether oxygens (including phenoxy) is 1. The summed E-state index contributed by atoms with van der Waals surface area (Å²) >= 11 is 9.42. The molecule has 2 aromatic rings. The fraction of sp³-hybridized carbons (Fsp3) is 0.200. The molecule has 2 N–H and O–H groups in total. The van der Waals surface area contributed by atoms with Crippen molar-refractivity contribution < 1.29 is 14.2 Å². The summed E-state index contributed by atoms with van der Waals surface area (Å²) in [5.74, 6) is 0.0226. The van der Waals surface area contributed by atoms with Gasteiger partial charge in [-0.05, 0) is 41.1 Å². The van der Waals surface area contributed by atoms with Crippen LogP contribution in [0.2, 0.25) is 5.02 Å². The van der Waals surface area contributed by atoms with Crippen molar-refractivity contribution in [1.82, 2.24) is 0 Å². The maximum absolute atomic E-state index is 13.0. The fourth-order valence-corrected chi connectivity index (χ4v) is 3.04. The van der Waals surface area contributed by atoms with Crippen LogP contribution in [-0.4, -0.2) is 12.2 Å². The van der Waals surface area contributed by atoms with Crippen molar-refractivity contribution in [2.75, 3.05) is 12.4 Å². The molecule has 0 fully saturated rings. The summed E-state index contributed by atoms with van der Waals surface area (Å²) in [7, 11) is 1.55. The molecule has 3 nitrogen and oxygen atoms in total. The van der Waals surface area contributed by atoms with Crippen LogP contribution < -0.4 is 10.1 Å². The number of hydrogen-bond donors (Lipinski definition) is 2. The van der Waals surface area contributed by atoms with E-state index in [1.807, 2.05) is 6.92 Å². The second kappa shape index (κ2) is 6.54. The van der Waals surface area contributed by atoms with Gasteiger partial charge in [-0.2, -0.15) is 0 Å². The predicted molar refractivity (Wildman–Crippen MR) is 85.8 cm³/mol. The van der Waals surface area contributed by atoms with Crippen LogP contribution in [0, 0.1) is 5.82 Å². The highest BCUT2D eigenvalue weighted by Gasteiger charge is 2.15. The lowest BCUT2D eigenvalue weighted by Crippen LogP contribution is -2.08. The Kier molecular flexibility index (Phi) is 4.96. The first kappa shape index (κ1) is 15.9. The molecule has 0 aromatic heterocycles. The molecule has 21 heavy (non-hydrogen) atoms. The van der Waals surface area contributed by atoms with Crippen LogP contribution in [0.15, 0.2) is 34.8 Å². The number of hydrogen-bond acceptors (Lipinski definition) is 3. The molecule has 0 aliphatic rings. The van der Waals surface area contributed by atoms with E-state index >= 15 is 0 Å². The van der Waals surface area contributed by atoms with E-state index < -0.39 is 5.82 Å². The molecular weight excluding hydrogens is 361 g/mol. The van der Waals surface area contributed by atoms with Crippen molar-refractivity contribution in [3.63, 3.8) is 0 Å². The maximum Gasteiger partial charge on any atom is 0.156 e. The Morgan fingerprint density at radius 1 is 1.33 bits per heavy atom. The van der Waals surface area contributed by atoms with Crippen molar-refractivity contribution in [3.8, 4) is 11.5 Å². The highest BCUT2D eigenvalue weighted by Crippen LogP contribution is 2.38. The van der Waals surface area contributed by atoms with Crippen molar-refractivity contribution in [2.45, 2.75) is 13.0 Å². The third kappa shape index (κ3) is 3.60. The Morgan fingerprint density at radius 2 is 2.05 bits per heavy atom. The van der Waals surface area contributed by atoms with Gasteiger partial charge in [-0.1, -0.05) is 17.7 Å². The van der Waals surface area contributed by atoms with Crippen LogP contribution in [0.4, 0.5) is 10.1 Å². The SMILES string of the molecule is COc1c(Br)cc(Cl)cc1NC(C)c1ccc(F)cc1O. The normalized spacial score (nSPS) is 12.0. The second-order valence-corrected chi connectivity index (χ2v) is 5.83. The molecule has 0 saturated carbocycles. The van der Waals surface area contributed by atoms with E-state index in [1.54, 1.807) is 19.2 Å². The minimum absolute atomic E-state index is 0.102. The van der Waals surface area contributed by atoms with Gasteiger partial charge in [0.2, 0.25) is 0 Å². The lowest BCUT2D eigenvalue weighted by atomic mass is 10.1. The Balaban J connectivity index is 2.33. The van der Waals surface area contributed by atoms with E-state index in [0.717, 1.165) is 10.5 Å². The summed E-state index contributed by atoms with van der Waals surface area (Å²) in [5.41, 5.74) is 1.25. The molecule has 2 rings (SSSR count). The van der Waals surface area contributed by atoms with Gasteiger partial charge in [-0.3, -0.25) is 0 Å². The van der Waals surface area contributed by atoms with Crippen LogP contribution >= 0.6 is 27.5 Å². The van der Waals surface area contributed by atoms with Crippen molar-refractivity contribution in [1.29, 1.82) is 0 Å². The van der Waals surface area contributed by atoms with Crippen molar-refractivity contribution in [2.24, 2.45) is 0 Å². The van der Waals surface area contributed by atoms with Crippen molar-refractivity contribution in [3.05, 3.63) is 51.2 Å². The third-order valence-electron chi connectivity index (χ3n) is 3.04. The topological polar surface area (TPSA) is 41.5 Å². The van der Waals surface area contributed by atoms with Gasteiger partial charge >= 0.3 is 0 Å². The quantitative estimate of drug-likeness (QED) is 0.779. The molecule has 0 amide bonds. The monoisotopic (exact) mass is 373 g/mol. The zero-order valence-electron chi connectivity index (χ0n) is 11.5.